The van der Waals surface area contributed by atoms with Crippen molar-refractivity contribution in [2.24, 2.45) is 0 Å². The van der Waals surface area contributed by atoms with Crippen molar-refractivity contribution >= 4 is 21.8 Å². The van der Waals surface area contributed by atoms with Crippen molar-refractivity contribution in [3.05, 3.63) is 12.5 Å². The maximum atomic E-state index is 12.0. The second-order valence-corrected chi connectivity index (χ2v) is 6.96. The van der Waals surface area contributed by atoms with Crippen LogP contribution in [-0.4, -0.2) is 35.9 Å². The summed E-state index contributed by atoms with van der Waals surface area (Å²) < 4.78 is 26.8. The molecule has 0 aliphatic heterocycles. The molecule has 1 aromatic rings. The number of H-pyrrole nitrogens is 1. The van der Waals surface area contributed by atoms with Crippen LogP contribution in [0.3, 0.4) is 0 Å². The van der Waals surface area contributed by atoms with E-state index in [1.54, 1.807) is 11.8 Å². The van der Waals surface area contributed by atoms with Crippen LogP contribution in [0.1, 0.15) is 25.7 Å². The van der Waals surface area contributed by atoms with E-state index in [9.17, 15) is 8.42 Å². The van der Waals surface area contributed by atoms with Crippen LogP contribution < -0.4 is 4.72 Å². The van der Waals surface area contributed by atoms with E-state index < -0.39 is 10.0 Å². The summed E-state index contributed by atoms with van der Waals surface area (Å²) in [5.74, 6) is 0. The van der Waals surface area contributed by atoms with Gasteiger partial charge in [0.15, 0.2) is 5.03 Å². The van der Waals surface area contributed by atoms with Crippen LogP contribution in [0.5, 0.6) is 0 Å². The van der Waals surface area contributed by atoms with Gasteiger partial charge >= 0.3 is 0 Å². The van der Waals surface area contributed by atoms with E-state index in [-0.39, 0.29) is 11.1 Å². The van der Waals surface area contributed by atoms with Crippen LogP contribution in [0.15, 0.2) is 17.6 Å². The van der Waals surface area contributed by atoms with Crippen LogP contribution in [0.25, 0.3) is 0 Å². The molecule has 1 aliphatic rings. The SMILES string of the molecule is CSC1CCCCC1NS(=O)(=O)c1cnc[nH]1. The van der Waals surface area contributed by atoms with Crippen molar-refractivity contribution in [1.29, 1.82) is 0 Å². The number of nitrogens with zero attached hydrogens (tertiary/aromatic N) is 1. The fraction of sp³-hybridized carbons (Fsp3) is 0.700. The molecular formula is C10H17N3O2S2. The van der Waals surface area contributed by atoms with Crippen molar-refractivity contribution in [2.45, 2.75) is 42.0 Å². The highest BCUT2D eigenvalue weighted by Crippen LogP contribution is 2.28. The Morgan fingerprint density at radius 3 is 2.88 bits per heavy atom. The van der Waals surface area contributed by atoms with E-state index in [1.807, 2.05) is 6.26 Å². The molecule has 1 aromatic heterocycles. The molecule has 7 heteroatoms. The van der Waals surface area contributed by atoms with Gasteiger partial charge in [-0.05, 0) is 19.1 Å². The highest BCUT2D eigenvalue weighted by molar-refractivity contribution is 7.99. The van der Waals surface area contributed by atoms with Crippen LogP contribution in [0.2, 0.25) is 0 Å². The average molecular weight is 275 g/mol. The van der Waals surface area contributed by atoms with Crippen LogP contribution in [-0.2, 0) is 10.0 Å². The maximum Gasteiger partial charge on any atom is 0.257 e. The second-order valence-electron chi connectivity index (χ2n) is 4.20. The first kappa shape index (κ1) is 12.9. The third kappa shape index (κ3) is 3.02. The minimum Gasteiger partial charge on any atom is -0.335 e. The first-order chi connectivity index (χ1) is 8.13. The number of thioether (sulfide) groups is 1. The van der Waals surface area contributed by atoms with E-state index in [4.69, 9.17) is 0 Å². The molecule has 2 atom stereocenters. The Balaban J connectivity index is 2.09. The number of aromatic amines is 1. The number of imidazole rings is 1. The van der Waals surface area contributed by atoms with Crippen LogP contribution in [0, 0.1) is 0 Å². The summed E-state index contributed by atoms with van der Waals surface area (Å²) in [4.78, 5) is 6.37. The van der Waals surface area contributed by atoms with Gasteiger partial charge in [-0.1, -0.05) is 12.8 Å². The molecule has 0 amide bonds. The monoisotopic (exact) mass is 275 g/mol. The lowest BCUT2D eigenvalue weighted by Crippen LogP contribution is -2.43. The molecule has 0 aromatic carbocycles. The lowest BCUT2D eigenvalue weighted by atomic mass is 9.96. The molecule has 0 spiro atoms. The molecule has 17 heavy (non-hydrogen) atoms. The van der Waals surface area contributed by atoms with Crippen molar-refractivity contribution in [2.75, 3.05) is 6.26 Å². The van der Waals surface area contributed by atoms with Crippen molar-refractivity contribution in [3.63, 3.8) is 0 Å². The standard InChI is InChI=1S/C10H17N3O2S2/c1-16-9-5-3-2-4-8(9)13-17(14,15)10-6-11-7-12-10/h6-9,13H,2-5H2,1H3,(H,11,12). The molecule has 0 saturated heterocycles. The van der Waals surface area contributed by atoms with Gasteiger partial charge in [0, 0.05) is 11.3 Å². The van der Waals surface area contributed by atoms with Gasteiger partial charge in [-0.15, -0.1) is 0 Å². The van der Waals surface area contributed by atoms with Gasteiger partial charge in [0.1, 0.15) is 0 Å². The zero-order chi connectivity index (χ0) is 12.3. The number of nitrogens with one attached hydrogen (secondary N) is 2. The van der Waals surface area contributed by atoms with Gasteiger partial charge in [0.2, 0.25) is 0 Å². The van der Waals surface area contributed by atoms with Crippen LogP contribution in [0.4, 0.5) is 0 Å². The summed E-state index contributed by atoms with van der Waals surface area (Å²) in [5.41, 5.74) is 0. The zero-order valence-corrected chi connectivity index (χ0v) is 11.4. The predicted octanol–water partition coefficient (Wildman–Crippen LogP) is 1.36. The van der Waals surface area contributed by atoms with E-state index in [0.717, 1.165) is 19.3 Å². The summed E-state index contributed by atoms with van der Waals surface area (Å²) in [6.45, 7) is 0. The third-order valence-corrected chi connectivity index (χ3v) is 5.66. The fourth-order valence-electron chi connectivity index (χ4n) is 2.17. The number of aromatic nitrogens is 2. The second kappa shape index (κ2) is 5.41. The lowest BCUT2D eigenvalue weighted by Gasteiger charge is -2.30. The van der Waals surface area contributed by atoms with Gasteiger partial charge in [-0.3, -0.25) is 0 Å². The molecule has 5 nitrogen and oxygen atoms in total. The number of hydrogen-bond donors (Lipinski definition) is 2. The maximum absolute atomic E-state index is 12.0. The van der Waals surface area contributed by atoms with Gasteiger partial charge in [0.25, 0.3) is 10.0 Å². The molecule has 1 saturated carbocycles. The number of hydrogen-bond acceptors (Lipinski definition) is 4. The summed E-state index contributed by atoms with van der Waals surface area (Å²) >= 11 is 1.74. The molecule has 2 rings (SSSR count). The minimum absolute atomic E-state index is 0.0343. The Labute approximate surface area is 106 Å². The Morgan fingerprint density at radius 2 is 2.24 bits per heavy atom. The first-order valence-electron chi connectivity index (χ1n) is 5.67. The normalized spacial score (nSPS) is 25.9. The Hall–Kier alpha value is -0.530. The third-order valence-electron chi connectivity index (χ3n) is 3.07. The Morgan fingerprint density at radius 1 is 1.47 bits per heavy atom. The molecule has 1 fully saturated rings. The van der Waals surface area contributed by atoms with Gasteiger partial charge in [-0.25, -0.2) is 18.1 Å². The molecule has 0 radical (unpaired) electrons. The predicted molar refractivity (Wildman–Crippen MR) is 68.5 cm³/mol. The smallest absolute Gasteiger partial charge is 0.257 e. The molecular weight excluding hydrogens is 258 g/mol. The molecule has 96 valence electrons. The molecule has 1 heterocycles. The van der Waals surface area contributed by atoms with Crippen molar-refractivity contribution < 1.29 is 8.42 Å². The molecule has 1 aliphatic carbocycles. The highest BCUT2D eigenvalue weighted by Gasteiger charge is 2.29. The van der Waals surface area contributed by atoms with E-state index in [1.165, 1.54) is 18.9 Å². The number of sulfonamides is 1. The topological polar surface area (TPSA) is 74.8 Å². The quantitative estimate of drug-likeness (QED) is 0.870. The molecule has 2 N–H and O–H groups in total. The van der Waals surface area contributed by atoms with Crippen molar-refractivity contribution in [1.82, 2.24) is 14.7 Å². The summed E-state index contributed by atoms with van der Waals surface area (Å²) in [7, 11) is -3.44. The minimum atomic E-state index is -3.44. The van der Waals surface area contributed by atoms with Gasteiger partial charge in [-0.2, -0.15) is 11.8 Å². The average Bonchev–Trinajstić information content (AvgIpc) is 2.83. The summed E-state index contributed by atoms with van der Waals surface area (Å²) in [6.07, 6.45) is 9.02. The van der Waals surface area contributed by atoms with Gasteiger partial charge < -0.3 is 4.98 Å². The lowest BCUT2D eigenvalue weighted by molar-refractivity contribution is 0.423. The van der Waals surface area contributed by atoms with E-state index in [0.29, 0.717) is 5.25 Å². The Bertz CT molecular complexity index is 444. The molecule has 0 bridgehead atoms. The first-order valence-corrected chi connectivity index (χ1v) is 8.44. The Kier molecular flexibility index (Phi) is 4.11. The fourth-order valence-corrected chi connectivity index (χ4v) is 4.40. The number of rotatable bonds is 4. The molecule has 2 unspecified atom stereocenters. The zero-order valence-electron chi connectivity index (χ0n) is 9.72. The van der Waals surface area contributed by atoms with Gasteiger partial charge in [0.05, 0.1) is 12.5 Å². The highest BCUT2D eigenvalue weighted by atomic mass is 32.2. The van der Waals surface area contributed by atoms with Crippen LogP contribution >= 0.6 is 11.8 Å². The van der Waals surface area contributed by atoms with Crippen molar-refractivity contribution in [3.8, 4) is 0 Å². The van der Waals surface area contributed by atoms with E-state index in [2.05, 4.69) is 14.7 Å². The van der Waals surface area contributed by atoms with E-state index >= 15 is 0 Å². The summed E-state index contributed by atoms with van der Waals surface area (Å²) in [5, 5.41) is 0.518. The largest absolute Gasteiger partial charge is 0.335 e. The summed E-state index contributed by atoms with van der Waals surface area (Å²) in [6, 6.07) is 0.0343.